The fraction of sp³-hybridized carbons (Fsp3) is 0.368. The molecule has 0 aliphatic carbocycles. The number of ether oxygens (including phenoxy) is 3. The van der Waals surface area contributed by atoms with Gasteiger partial charge in [0.1, 0.15) is 17.7 Å². The summed E-state index contributed by atoms with van der Waals surface area (Å²) in [5.41, 5.74) is 4.54. The van der Waals surface area contributed by atoms with E-state index in [0.29, 0.717) is 22.4 Å². The van der Waals surface area contributed by atoms with Gasteiger partial charge in [0.25, 0.3) is 0 Å². The summed E-state index contributed by atoms with van der Waals surface area (Å²) < 4.78 is 17.8. The maximum Gasteiger partial charge on any atom is 0.205 e. The summed E-state index contributed by atoms with van der Waals surface area (Å²) in [6.07, 6.45) is 4.82. The average Bonchev–Trinajstić information content (AvgIpc) is 3.36. The van der Waals surface area contributed by atoms with Crippen molar-refractivity contribution in [2.45, 2.75) is 26.2 Å². The fourth-order valence-corrected chi connectivity index (χ4v) is 3.71. The third-order valence-electron chi connectivity index (χ3n) is 4.01. The summed E-state index contributed by atoms with van der Waals surface area (Å²) in [5, 5.41) is 10.1. The van der Waals surface area contributed by atoms with Gasteiger partial charge < -0.3 is 14.2 Å². The summed E-state index contributed by atoms with van der Waals surface area (Å²) in [6, 6.07) is 3.63. The van der Waals surface area contributed by atoms with Gasteiger partial charge in [-0.15, -0.1) is 0 Å². The molecule has 1 aromatic carbocycles. The number of hydrogen-bond donors (Lipinski definition) is 1. The minimum Gasteiger partial charge on any atom is -0.493 e. The lowest BCUT2D eigenvalue weighted by Crippen LogP contribution is -2.15. The number of methoxy groups -OCH3 is 3. The van der Waals surface area contributed by atoms with Crippen LogP contribution in [0.5, 0.6) is 17.2 Å². The van der Waals surface area contributed by atoms with Gasteiger partial charge in [-0.3, -0.25) is 5.43 Å². The van der Waals surface area contributed by atoms with Crippen LogP contribution in [0.4, 0.5) is 5.13 Å². The lowest BCUT2D eigenvalue weighted by Gasteiger charge is -2.16. The van der Waals surface area contributed by atoms with Gasteiger partial charge in [-0.25, -0.2) is 14.6 Å². The number of nitrogens with one attached hydrogen (secondary N) is 1. The number of rotatable bonds is 7. The van der Waals surface area contributed by atoms with Gasteiger partial charge in [-0.2, -0.15) is 10.2 Å². The molecule has 0 atom stereocenters. The van der Waals surface area contributed by atoms with Crippen molar-refractivity contribution in [2.75, 3.05) is 26.8 Å². The van der Waals surface area contributed by atoms with Gasteiger partial charge >= 0.3 is 0 Å². The molecule has 0 aliphatic rings. The summed E-state index contributed by atoms with van der Waals surface area (Å²) in [7, 11) is 4.72. The van der Waals surface area contributed by atoms with Crippen LogP contribution in [0, 0.1) is 0 Å². The summed E-state index contributed by atoms with van der Waals surface area (Å²) >= 11 is 1.46. The maximum absolute atomic E-state index is 5.37. The van der Waals surface area contributed by atoms with Crippen LogP contribution in [0.15, 0.2) is 29.9 Å². The van der Waals surface area contributed by atoms with Crippen LogP contribution in [-0.2, 0) is 5.41 Å². The van der Waals surface area contributed by atoms with Gasteiger partial charge in [-0.1, -0.05) is 32.1 Å². The molecule has 0 saturated heterocycles. The molecule has 3 aromatic rings. The molecule has 154 valence electrons. The van der Waals surface area contributed by atoms with Crippen molar-refractivity contribution < 1.29 is 14.2 Å². The Balaban J connectivity index is 1.86. The standard InChI is InChI=1S/C19H24N6O3S/c1-19(2,3)16-17(25-11-20-10-22-25)29-18(23-16)24-21-9-12-7-13(26-4)15(28-6)14(8-12)27-5/h7-11H,1-6H3,(H,23,24)/b21-9+. The van der Waals surface area contributed by atoms with Crippen molar-refractivity contribution in [3.63, 3.8) is 0 Å². The molecule has 0 bridgehead atoms. The van der Waals surface area contributed by atoms with Crippen molar-refractivity contribution in [3.8, 4) is 22.2 Å². The van der Waals surface area contributed by atoms with Crippen LogP contribution in [0.1, 0.15) is 32.0 Å². The Morgan fingerprint density at radius 1 is 1.10 bits per heavy atom. The molecule has 2 aromatic heterocycles. The number of hydrazone groups is 1. The third-order valence-corrected chi connectivity index (χ3v) is 4.96. The van der Waals surface area contributed by atoms with Crippen LogP contribution in [-0.4, -0.2) is 47.3 Å². The van der Waals surface area contributed by atoms with Crippen LogP contribution >= 0.6 is 11.3 Å². The molecule has 9 nitrogen and oxygen atoms in total. The van der Waals surface area contributed by atoms with Crippen LogP contribution in [0.2, 0.25) is 0 Å². The summed E-state index contributed by atoms with van der Waals surface area (Å²) in [4.78, 5) is 8.73. The Morgan fingerprint density at radius 2 is 1.79 bits per heavy atom. The Hall–Kier alpha value is -3.14. The topological polar surface area (TPSA) is 95.7 Å². The highest BCUT2D eigenvalue weighted by atomic mass is 32.1. The molecule has 0 spiro atoms. The highest BCUT2D eigenvalue weighted by molar-refractivity contribution is 7.18. The molecule has 0 amide bonds. The van der Waals surface area contributed by atoms with Crippen LogP contribution in [0.25, 0.3) is 5.00 Å². The number of aromatic nitrogens is 4. The second kappa shape index (κ2) is 8.48. The minimum absolute atomic E-state index is 0.155. The zero-order chi connectivity index (χ0) is 21.0. The second-order valence-electron chi connectivity index (χ2n) is 7.09. The highest BCUT2D eigenvalue weighted by Gasteiger charge is 2.25. The molecule has 10 heteroatoms. The zero-order valence-corrected chi connectivity index (χ0v) is 18.1. The van der Waals surface area contributed by atoms with Crippen molar-refractivity contribution in [1.82, 2.24) is 19.7 Å². The van der Waals surface area contributed by atoms with E-state index in [1.165, 1.54) is 17.7 Å². The lowest BCUT2D eigenvalue weighted by molar-refractivity contribution is 0.324. The first-order valence-corrected chi connectivity index (χ1v) is 9.64. The van der Waals surface area contributed by atoms with Gasteiger partial charge in [-0.05, 0) is 12.1 Å². The molecule has 0 unspecified atom stereocenters. The molecular weight excluding hydrogens is 392 g/mol. The molecule has 3 rings (SSSR count). The molecule has 0 aliphatic heterocycles. The molecule has 0 saturated carbocycles. The summed E-state index contributed by atoms with van der Waals surface area (Å²) in [5.74, 6) is 1.66. The van der Waals surface area contributed by atoms with Crippen LogP contribution in [0.3, 0.4) is 0 Å². The van der Waals surface area contributed by atoms with E-state index in [1.54, 1.807) is 38.6 Å². The maximum atomic E-state index is 5.37. The van der Waals surface area contributed by atoms with Crippen molar-refractivity contribution in [2.24, 2.45) is 5.10 Å². The van der Waals surface area contributed by atoms with E-state index < -0.39 is 0 Å². The Labute approximate surface area is 173 Å². The predicted molar refractivity (Wildman–Crippen MR) is 113 cm³/mol. The van der Waals surface area contributed by atoms with E-state index in [9.17, 15) is 0 Å². The first-order valence-electron chi connectivity index (χ1n) is 8.82. The average molecular weight is 417 g/mol. The third kappa shape index (κ3) is 4.48. The Bertz CT molecular complexity index is 967. The molecule has 29 heavy (non-hydrogen) atoms. The number of hydrogen-bond acceptors (Lipinski definition) is 9. The van der Waals surface area contributed by atoms with Crippen molar-refractivity contribution in [1.29, 1.82) is 0 Å². The number of nitrogens with zero attached hydrogens (tertiary/aromatic N) is 5. The molecular formula is C19H24N6O3S. The normalized spacial score (nSPS) is 11.7. The quantitative estimate of drug-likeness (QED) is 0.465. The number of benzene rings is 1. The summed E-state index contributed by atoms with van der Waals surface area (Å²) in [6.45, 7) is 6.31. The number of thiazole rings is 1. The zero-order valence-electron chi connectivity index (χ0n) is 17.3. The van der Waals surface area contributed by atoms with E-state index in [2.05, 4.69) is 41.4 Å². The Kier molecular flexibility index (Phi) is 6.02. The lowest BCUT2D eigenvalue weighted by atomic mass is 9.92. The second-order valence-corrected chi connectivity index (χ2v) is 8.07. The van der Waals surface area contributed by atoms with E-state index in [1.807, 2.05) is 12.1 Å². The molecule has 0 radical (unpaired) electrons. The fourth-order valence-electron chi connectivity index (χ4n) is 2.65. The van der Waals surface area contributed by atoms with Gasteiger partial charge in [0.15, 0.2) is 11.5 Å². The van der Waals surface area contributed by atoms with E-state index in [-0.39, 0.29) is 5.41 Å². The largest absolute Gasteiger partial charge is 0.493 e. The van der Waals surface area contributed by atoms with E-state index in [4.69, 9.17) is 19.2 Å². The van der Waals surface area contributed by atoms with Crippen molar-refractivity contribution >= 4 is 22.7 Å². The highest BCUT2D eigenvalue weighted by Crippen LogP contribution is 2.38. The van der Waals surface area contributed by atoms with Gasteiger partial charge in [0.05, 0.1) is 33.2 Å². The van der Waals surface area contributed by atoms with Crippen LogP contribution < -0.4 is 19.6 Å². The van der Waals surface area contributed by atoms with E-state index in [0.717, 1.165) is 16.3 Å². The van der Waals surface area contributed by atoms with Gasteiger partial charge in [0.2, 0.25) is 10.9 Å². The molecule has 2 heterocycles. The van der Waals surface area contributed by atoms with Crippen molar-refractivity contribution in [3.05, 3.63) is 36.0 Å². The first-order chi connectivity index (χ1) is 13.9. The monoisotopic (exact) mass is 416 g/mol. The Morgan fingerprint density at radius 3 is 2.31 bits per heavy atom. The first kappa shape index (κ1) is 20.6. The minimum atomic E-state index is -0.155. The molecule has 0 fully saturated rings. The smallest absolute Gasteiger partial charge is 0.205 e. The van der Waals surface area contributed by atoms with E-state index >= 15 is 0 Å². The van der Waals surface area contributed by atoms with Gasteiger partial charge in [0, 0.05) is 11.0 Å². The number of anilines is 1. The SMILES string of the molecule is COc1cc(/C=N/Nc2nc(C(C)(C)C)c(-n3cncn3)s2)cc(OC)c1OC. The molecule has 1 N–H and O–H groups in total. The predicted octanol–water partition coefficient (Wildman–Crippen LogP) is 3.49.